The number of amides is 1. The molecule has 0 spiro atoms. The molecule has 0 aliphatic heterocycles. The summed E-state index contributed by atoms with van der Waals surface area (Å²) in [6.07, 6.45) is 0.959. The summed E-state index contributed by atoms with van der Waals surface area (Å²) in [4.78, 5) is 23.7. The van der Waals surface area contributed by atoms with Gasteiger partial charge < -0.3 is 10.4 Å². The molecular weight excluding hydrogens is 290 g/mol. The van der Waals surface area contributed by atoms with Gasteiger partial charge in [0.05, 0.1) is 0 Å². The topological polar surface area (TPSA) is 66.4 Å². The minimum Gasteiger partial charge on any atom is -0.480 e. The lowest BCUT2D eigenvalue weighted by Crippen LogP contribution is -2.41. The second-order valence-corrected chi connectivity index (χ2v) is 5.76. The average molecular weight is 311 g/mol. The minimum absolute atomic E-state index is 0.350. The molecule has 0 aliphatic rings. The van der Waals surface area contributed by atoms with E-state index in [-0.39, 0.29) is 5.91 Å². The Hall–Kier alpha value is -2.62. The molecule has 0 aromatic heterocycles. The highest BCUT2D eigenvalue weighted by Crippen LogP contribution is 2.10. The lowest BCUT2D eigenvalue weighted by Gasteiger charge is -2.15. The van der Waals surface area contributed by atoms with Crippen LogP contribution in [0.3, 0.4) is 0 Å². The van der Waals surface area contributed by atoms with Crippen molar-refractivity contribution < 1.29 is 14.7 Å². The highest BCUT2D eigenvalue weighted by atomic mass is 16.4. The molecular formula is C19H21NO3. The standard InChI is InChI=1S/C19H21NO3/c1-13-10-14(2)12-16(11-13)18(21)20-17(19(22)23)9-8-15-6-4-3-5-7-15/h3-7,10-12,17H,8-9H2,1-2H3,(H,20,21)(H,22,23)/t17-/m1/s1. The molecule has 4 nitrogen and oxygen atoms in total. The lowest BCUT2D eigenvalue weighted by atomic mass is 10.0. The van der Waals surface area contributed by atoms with Crippen LogP contribution in [-0.4, -0.2) is 23.0 Å². The summed E-state index contributed by atoms with van der Waals surface area (Å²) in [5.74, 6) is -1.36. The van der Waals surface area contributed by atoms with Gasteiger partial charge in [-0.15, -0.1) is 0 Å². The van der Waals surface area contributed by atoms with Gasteiger partial charge in [0.1, 0.15) is 6.04 Å². The third kappa shape index (κ3) is 4.95. The summed E-state index contributed by atoms with van der Waals surface area (Å²) in [6.45, 7) is 3.82. The van der Waals surface area contributed by atoms with E-state index in [0.717, 1.165) is 16.7 Å². The van der Waals surface area contributed by atoms with Crippen LogP contribution in [0.5, 0.6) is 0 Å². The normalized spacial score (nSPS) is 11.7. The van der Waals surface area contributed by atoms with E-state index in [0.29, 0.717) is 18.4 Å². The van der Waals surface area contributed by atoms with E-state index in [1.54, 1.807) is 12.1 Å². The molecule has 0 aliphatic carbocycles. The first kappa shape index (κ1) is 16.7. The summed E-state index contributed by atoms with van der Waals surface area (Å²) in [6, 6.07) is 14.2. The summed E-state index contributed by atoms with van der Waals surface area (Å²) in [5.41, 5.74) is 3.51. The number of carboxylic acids is 1. The van der Waals surface area contributed by atoms with Crippen LogP contribution in [0, 0.1) is 13.8 Å². The van der Waals surface area contributed by atoms with Gasteiger partial charge in [0.15, 0.2) is 0 Å². The van der Waals surface area contributed by atoms with Crippen LogP contribution in [0.2, 0.25) is 0 Å². The van der Waals surface area contributed by atoms with Crippen LogP contribution in [0.1, 0.15) is 33.5 Å². The molecule has 2 aromatic rings. The molecule has 23 heavy (non-hydrogen) atoms. The first-order valence-corrected chi connectivity index (χ1v) is 7.61. The van der Waals surface area contributed by atoms with Crippen molar-refractivity contribution in [3.63, 3.8) is 0 Å². The highest BCUT2D eigenvalue weighted by molar-refractivity contribution is 5.96. The Morgan fingerprint density at radius 1 is 1.04 bits per heavy atom. The van der Waals surface area contributed by atoms with Gasteiger partial charge in [0, 0.05) is 5.56 Å². The van der Waals surface area contributed by atoms with E-state index >= 15 is 0 Å². The fourth-order valence-corrected chi connectivity index (χ4v) is 2.56. The van der Waals surface area contributed by atoms with Crippen LogP contribution in [0.25, 0.3) is 0 Å². The van der Waals surface area contributed by atoms with E-state index in [9.17, 15) is 14.7 Å². The third-order valence-electron chi connectivity index (χ3n) is 3.65. The highest BCUT2D eigenvalue weighted by Gasteiger charge is 2.20. The van der Waals surface area contributed by atoms with Crippen molar-refractivity contribution >= 4 is 11.9 Å². The predicted octanol–water partition coefficient (Wildman–Crippen LogP) is 3.12. The molecule has 0 saturated heterocycles. The largest absolute Gasteiger partial charge is 0.480 e. The van der Waals surface area contributed by atoms with Gasteiger partial charge in [0.2, 0.25) is 0 Å². The molecule has 4 heteroatoms. The van der Waals surface area contributed by atoms with Crippen LogP contribution in [0.4, 0.5) is 0 Å². The van der Waals surface area contributed by atoms with Crippen LogP contribution < -0.4 is 5.32 Å². The van der Waals surface area contributed by atoms with Crippen LogP contribution >= 0.6 is 0 Å². The van der Waals surface area contributed by atoms with Gasteiger partial charge in [-0.2, -0.15) is 0 Å². The number of aliphatic carboxylic acids is 1. The van der Waals surface area contributed by atoms with E-state index in [1.165, 1.54) is 0 Å². The Kier molecular flexibility index (Phi) is 5.52. The zero-order valence-corrected chi connectivity index (χ0v) is 13.4. The zero-order valence-electron chi connectivity index (χ0n) is 13.4. The van der Waals surface area contributed by atoms with Gasteiger partial charge in [-0.25, -0.2) is 4.79 Å². The van der Waals surface area contributed by atoms with E-state index in [4.69, 9.17) is 0 Å². The fraction of sp³-hybridized carbons (Fsp3) is 0.263. The second-order valence-electron chi connectivity index (χ2n) is 5.76. The Bertz CT molecular complexity index is 675. The predicted molar refractivity (Wildman–Crippen MR) is 89.6 cm³/mol. The molecule has 0 heterocycles. The maximum atomic E-state index is 12.3. The van der Waals surface area contributed by atoms with Gasteiger partial charge in [0.25, 0.3) is 5.91 Å². The number of rotatable bonds is 6. The summed E-state index contributed by atoms with van der Waals surface area (Å²) >= 11 is 0. The monoisotopic (exact) mass is 311 g/mol. The van der Waals surface area contributed by atoms with Gasteiger partial charge in [-0.1, -0.05) is 47.5 Å². The number of carbonyl (C=O) groups excluding carboxylic acids is 1. The van der Waals surface area contributed by atoms with Crippen molar-refractivity contribution in [2.45, 2.75) is 32.7 Å². The Labute approximate surface area is 136 Å². The number of aryl methyl sites for hydroxylation is 3. The van der Waals surface area contributed by atoms with Crippen molar-refractivity contribution in [2.75, 3.05) is 0 Å². The quantitative estimate of drug-likeness (QED) is 0.861. The Morgan fingerprint density at radius 3 is 2.22 bits per heavy atom. The summed E-state index contributed by atoms with van der Waals surface area (Å²) in [5, 5.41) is 12.0. The maximum Gasteiger partial charge on any atom is 0.326 e. The number of hydrogen-bond acceptors (Lipinski definition) is 2. The molecule has 0 saturated carbocycles. The molecule has 2 N–H and O–H groups in total. The van der Waals surface area contributed by atoms with Gasteiger partial charge >= 0.3 is 5.97 Å². The van der Waals surface area contributed by atoms with Crippen molar-refractivity contribution in [1.82, 2.24) is 5.32 Å². The first-order valence-electron chi connectivity index (χ1n) is 7.61. The summed E-state index contributed by atoms with van der Waals surface area (Å²) in [7, 11) is 0. The van der Waals surface area contributed by atoms with Crippen molar-refractivity contribution in [3.05, 3.63) is 70.8 Å². The molecule has 0 unspecified atom stereocenters. The van der Waals surface area contributed by atoms with E-state index < -0.39 is 12.0 Å². The molecule has 0 radical (unpaired) electrons. The SMILES string of the molecule is Cc1cc(C)cc(C(=O)N[C@H](CCc2ccccc2)C(=O)O)c1. The molecule has 0 bridgehead atoms. The summed E-state index contributed by atoms with van der Waals surface area (Å²) < 4.78 is 0. The second kappa shape index (κ2) is 7.58. The molecule has 1 atom stereocenters. The number of hydrogen-bond donors (Lipinski definition) is 2. The number of nitrogens with one attached hydrogen (secondary N) is 1. The molecule has 120 valence electrons. The third-order valence-corrected chi connectivity index (χ3v) is 3.65. The maximum absolute atomic E-state index is 12.3. The molecule has 0 fully saturated rings. The number of carboxylic acid groups (broad SMARTS) is 1. The average Bonchev–Trinajstić information content (AvgIpc) is 2.51. The first-order chi connectivity index (χ1) is 11.0. The Morgan fingerprint density at radius 2 is 1.65 bits per heavy atom. The number of carbonyl (C=O) groups is 2. The van der Waals surface area contributed by atoms with Gasteiger partial charge in [-0.05, 0) is 44.4 Å². The Balaban J connectivity index is 2.04. The molecule has 2 aromatic carbocycles. The van der Waals surface area contributed by atoms with E-state index in [2.05, 4.69) is 5.32 Å². The lowest BCUT2D eigenvalue weighted by molar-refractivity contribution is -0.139. The van der Waals surface area contributed by atoms with E-state index in [1.807, 2.05) is 50.2 Å². The minimum atomic E-state index is -1.02. The van der Waals surface area contributed by atoms with Crippen LogP contribution in [0.15, 0.2) is 48.5 Å². The van der Waals surface area contributed by atoms with Gasteiger partial charge in [-0.3, -0.25) is 4.79 Å². The van der Waals surface area contributed by atoms with Crippen LogP contribution in [-0.2, 0) is 11.2 Å². The van der Waals surface area contributed by atoms with Crippen molar-refractivity contribution in [3.8, 4) is 0 Å². The van der Waals surface area contributed by atoms with Crippen molar-refractivity contribution in [2.24, 2.45) is 0 Å². The fourth-order valence-electron chi connectivity index (χ4n) is 2.56. The molecule has 2 rings (SSSR count). The number of benzene rings is 2. The molecule has 1 amide bonds. The zero-order chi connectivity index (χ0) is 16.8. The van der Waals surface area contributed by atoms with Crippen molar-refractivity contribution in [1.29, 1.82) is 0 Å². The smallest absolute Gasteiger partial charge is 0.326 e.